The maximum atomic E-state index is 13.2. The van der Waals surface area contributed by atoms with Gasteiger partial charge in [-0.15, -0.1) is 0 Å². The van der Waals surface area contributed by atoms with Crippen molar-refractivity contribution in [2.24, 2.45) is 0 Å². The monoisotopic (exact) mass is 380 g/mol. The third-order valence-electron chi connectivity index (χ3n) is 4.54. The van der Waals surface area contributed by atoms with Crippen LogP contribution in [0.4, 0.5) is 15.9 Å². The molecule has 0 spiro atoms. The smallest absolute Gasteiger partial charge is 0.249 e. The minimum Gasteiger partial charge on any atom is -0.497 e. The number of ether oxygens (including phenoxy) is 1. The Labute approximate surface area is 160 Å². The summed E-state index contributed by atoms with van der Waals surface area (Å²) < 4.78 is 19.8. The number of rotatable bonds is 4. The van der Waals surface area contributed by atoms with Gasteiger partial charge < -0.3 is 15.4 Å². The minimum absolute atomic E-state index is 0.0282. The van der Waals surface area contributed by atoms with Gasteiger partial charge in [0.2, 0.25) is 11.8 Å². The van der Waals surface area contributed by atoms with E-state index in [-0.39, 0.29) is 24.1 Å². The average molecular weight is 380 g/mol. The van der Waals surface area contributed by atoms with Crippen LogP contribution in [0.2, 0.25) is 0 Å². The lowest BCUT2D eigenvalue weighted by Crippen LogP contribution is -2.35. The van der Waals surface area contributed by atoms with Crippen LogP contribution in [-0.4, -0.2) is 28.7 Å². The highest BCUT2D eigenvalue weighted by Crippen LogP contribution is 2.34. The number of hydrogen-bond acceptors (Lipinski definition) is 4. The summed E-state index contributed by atoms with van der Waals surface area (Å²) in [6, 6.07) is 12.0. The lowest BCUT2D eigenvalue weighted by Gasteiger charge is -2.24. The van der Waals surface area contributed by atoms with Gasteiger partial charge in [0.25, 0.3) is 0 Å². The number of aromatic nitrogens is 2. The molecule has 2 heterocycles. The Morgan fingerprint density at radius 2 is 1.93 bits per heavy atom. The second kappa shape index (κ2) is 7.15. The van der Waals surface area contributed by atoms with Gasteiger partial charge in [-0.3, -0.25) is 9.59 Å². The van der Waals surface area contributed by atoms with Crippen LogP contribution < -0.4 is 15.4 Å². The molecule has 2 aromatic carbocycles. The van der Waals surface area contributed by atoms with E-state index in [1.165, 1.54) is 16.8 Å². The Morgan fingerprint density at radius 1 is 1.21 bits per heavy atom. The van der Waals surface area contributed by atoms with Crippen molar-refractivity contribution in [2.75, 3.05) is 17.7 Å². The molecular formula is C20H17FN4O3. The van der Waals surface area contributed by atoms with Crippen molar-refractivity contribution in [1.29, 1.82) is 0 Å². The van der Waals surface area contributed by atoms with E-state index in [2.05, 4.69) is 15.7 Å². The molecule has 4 rings (SSSR count). The molecule has 0 saturated carbocycles. The van der Waals surface area contributed by atoms with Gasteiger partial charge in [-0.1, -0.05) is 12.1 Å². The first kappa shape index (κ1) is 17.7. The van der Waals surface area contributed by atoms with E-state index < -0.39 is 6.04 Å². The third kappa shape index (κ3) is 3.32. The topological polar surface area (TPSA) is 85.2 Å². The normalized spacial score (nSPS) is 15.5. The summed E-state index contributed by atoms with van der Waals surface area (Å²) in [4.78, 5) is 25.0. The van der Waals surface area contributed by atoms with Gasteiger partial charge >= 0.3 is 0 Å². The van der Waals surface area contributed by atoms with Crippen LogP contribution in [0.3, 0.4) is 0 Å². The lowest BCUT2D eigenvalue weighted by molar-refractivity contribution is -0.125. The van der Waals surface area contributed by atoms with Crippen LogP contribution in [0, 0.1) is 5.82 Å². The zero-order valence-electron chi connectivity index (χ0n) is 15.0. The van der Waals surface area contributed by atoms with E-state index in [4.69, 9.17) is 4.74 Å². The van der Waals surface area contributed by atoms with Gasteiger partial charge in [0.05, 0.1) is 19.7 Å². The molecule has 28 heavy (non-hydrogen) atoms. The second-order valence-electron chi connectivity index (χ2n) is 6.34. The number of nitrogens with one attached hydrogen (secondary N) is 2. The largest absolute Gasteiger partial charge is 0.497 e. The lowest BCUT2D eigenvalue weighted by atomic mass is 10.1. The molecule has 7 nitrogen and oxygen atoms in total. The molecule has 8 heteroatoms. The van der Waals surface area contributed by atoms with Crippen LogP contribution >= 0.6 is 0 Å². The van der Waals surface area contributed by atoms with Crippen LogP contribution in [-0.2, 0) is 9.59 Å². The average Bonchev–Trinajstić information content (AvgIpc) is 3.12. The van der Waals surface area contributed by atoms with Gasteiger partial charge in [0.1, 0.15) is 23.4 Å². The van der Waals surface area contributed by atoms with Crippen molar-refractivity contribution < 1.29 is 18.7 Å². The first-order chi connectivity index (χ1) is 13.5. The zero-order valence-corrected chi connectivity index (χ0v) is 15.0. The summed E-state index contributed by atoms with van der Waals surface area (Å²) >= 11 is 0. The van der Waals surface area contributed by atoms with Gasteiger partial charge in [-0.25, -0.2) is 9.07 Å². The first-order valence-corrected chi connectivity index (χ1v) is 8.63. The highest BCUT2D eigenvalue weighted by atomic mass is 19.1. The van der Waals surface area contributed by atoms with Gasteiger partial charge in [-0.2, -0.15) is 5.10 Å². The van der Waals surface area contributed by atoms with Crippen molar-refractivity contribution >= 4 is 23.3 Å². The quantitative estimate of drug-likeness (QED) is 0.728. The maximum absolute atomic E-state index is 13.2. The van der Waals surface area contributed by atoms with Crippen LogP contribution in [0.1, 0.15) is 12.5 Å². The van der Waals surface area contributed by atoms with Crippen molar-refractivity contribution in [2.45, 2.75) is 12.5 Å². The number of carbonyl (C=O) groups is 2. The highest BCUT2D eigenvalue weighted by molar-refractivity contribution is 6.03. The molecule has 1 atom stereocenters. The summed E-state index contributed by atoms with van der Waals surface area (Å²) in [5.41, 5.74) is 1.90. The molecule has 0 saturated heterocycles. The number of anilines is 2. The molecule has 1 aliphatic heterocycles. The van der Waals surface area contributed by atoms with Crippen molar-refractivity contribution in [3.63, 3.8) is 0 Å². The van der Waals surface area contributed by atoms with E-state index in [0.29, 0.717) is 28.4 Å². The molecular weight excluding hydrogens is 363 g/mol. The molecule has 2 amide bonds. The zero-order chi connectivity index (χ0) is 19.7. The Kier molecular flexibility index (Phi) is 4.52. The summed E-state index contributed by atoms with van der Waals surface area (Å²) in [5.74, 6) is 0.0953. The summed E-state index contributed by atoms with van der Waals surface area (Å²) in [7, 11) is 1.56. The predicted molar refractivity (Wildman–Crippen MR) is 102 cm³/mol. The van der Waals surface area contributed by atoms with Gasteiger partial charge in [0.15, 0.2) is 0 Å². The van der Waals surface area contributed by atoms with Crippen molar-refractivity contribution in [3.8, 4) is 16.9 Å². The Morgan fingerprint density at radius 3 is 2.61 bits per heavy atom. The molecule has 2 N–H and O–H groups in total. The van der Waals surface area contributed by atoms with E-state index in [0.717, 1.165) is 0 Å². The van der Waals surface area contributed by atoms with E-state index in [1.807, 2.05) is 0 Å². The number of amides is 2. The molecule has 0 unspecified atom stereocenters. The van der Waals surface area contributed by atoms with Crippen LogP contribution in [0.15, 0.2) is 54.7 Å². The number of halogens is 1. The summed E-state index contributed by atoms with van der Waals surface area (Å²) in [5, 5.41) is 9.84. The number of methoxy groups -OCH3 is 1. The first-order valence-electron chi connectivity index (χ1n) is 8.63. The number of nitrogens with zero attached hydrogens (tertiary/aromatic N) is 2. The van der Waals surface area contributed by atoms with Crippen LogP contribution in [0.25, 0.3) is 11.1 Å². The molecule has 0 aliphatic carbocycles. The maximum Gasteiger partial charge on any atom is 0.249 e. The Balaban J connectivity index is 1.62. The predicted octanol–water partition coefficient (Wildman–Crippen LogP) is 3.22. The fourth-order valence-electron chi connectivity index (χ4n) is 3.11. The van der Waals surface area contributed by atoms with Crippen molar-refractivity contribution in [1.82, 2.24) is 9.78 Å². The Hall–Kier alpha value is -3.68. The van der Waals surface area contributed by atoms with Crippen LogP contribution in [0.5, 0.6) is 5.75 Å². The molecule has 1 aliphatic rings. The fraction of sp³-hybridized carbons (Fsp3) is 0.150. The number of fused-ring (bicyclic) bond motifs is 1. The Bertz CT molecular complexity index is 1030. The summed E-state index contributed by atoms with van der Waals surface area (Å²) in [6.07, 6.45) is 1.53. The molecule has 0 radical (unpaired) electrons. The van der Waals surface area contributed by atoms with Gasteiger partial charge in [0, 0.05) is 11.3 Å². The standard InChI is InChI=1S/C20H17FN4O3/c1-28-15-8-6-14(7-9-15)23-20(27)17-10-18(26)24-19-16(11-22-25(17)19)12-2-4-13(21)5-3-12/h2-9,11,17H,10H2,1H3,(H,23,27)(H,24,26)/t17-/m0/s1. The van der Waals surface area contributed by atoms with Crippen molar-refractivity contribution in [3.05, 3.63) is 60.5 Å². The number of carbonyl (C=O) groups excluding carboxylic acids is 2. The summed E-state index contributed by atoms with van der Waals surface area (Å²) in [6.45, 7) is 0. The SMILES string of the molecule is COc1ccc(NC(=O)[C@@H]2CC(=O)Nc3c(-c4ccc(F)cc4)cnn32)cc1. The van der Waals surface area contributed by atoms with E-state index in [9.17, 15) is 14.0 Å². The molecule has 1 aromatic heterocycles. The van der Waals surface area contributed by atoms with Gasteiger partial charge in [-0.05, 0) is 42.0 Å². The third-order valence-corrected chi connectivity index (χ3v) is 4.54. The van der Waals surface area contributed by atoms with E-state index >= 15 is 0 Å². The molecule has 0 bridgehead atoms. The second-order valence-corrected chi connectivity index (χ2v) is 6.34. The minimum atomic E-state index is -0.792. The number of benzene rings is 2. The number of hydrogen-bond donors (Lipinski definition) is 2. The molecule has 0 fully saturated rings. The highest BCUT2D eigenvalue weighted by Gasteiger charge is 2.33. The fourth-order valence-corrected chi connectivity index (χ4v) is 3.11. The van der Waals surface area contributed by atoms with E-state index in [1.54, 1.807) is 49.7 Å². The molecule has 3 aromatic rings. The molecule has 142 valence electrons.